The van der Waals surface area contributed by atoms with Crippen LogP contribution in [0, 0.1) is 0 Å². The van der Waals surface area contributed by atoms with Crippen LogP contribution in [-0.4, -0.2) is 15.4 Å². The summed E-state index contributed by atoms with van der Waals surface area (Å²) >= 11 is 3.80. The highest BCUT2D eigenvalue weighted by Gasteiger charge is 2.30. The molecule has 0 aliphatic carbocycles. The molecule has 0 amide bonds. The van der Waals surface area contributed by atoms with Crippen LogP contribution in [0.4, 0.5) is 0 Å². The average Bonchev–Trinajstić information content (AvgIpc) is 2.32. The molecule has 0 heterocycles. The van der Waals surface area contributed by atoms with Gasteiger partial charge in [0.2, 0.25) is 0 Å². The van der Waals surface area contributed by atoms with Crippen molar-refractivity contribution >= 4 is 29.9 Å². The summed E-state index contributed by atoms with van der Waals surface area (Å²) in [5.74, 6) is 1.04. The van der Waals surface area contributed by atoms with Gasteiger partial charge in [-0.05, 0) is 24.8 Å². The Balaban J connectivity index is 3.69. The predicted molar refractivity (Wildman–Crippen MR) is 101 cm³/mol. The molecule has 0 spiro atoms. The highest BCUT2D eigenvalue weighted by molar-refractivity contribution is 9.09. The fraction of sp³-hybridized carbons (Fsp3) is 0.556. The van der Waals surface area contributed by atoms with E-state index in [4.69, 9.17) is 4.74 Å². The number of hydrogen-bond acceptors (Lipinski definition) is 1. The van der Waals surface area contributed by atoms with Gasteiger partial charge in [0.05, 0.1) is 8.80 Å². The molecular weight excluding hydrogens is 340 g/mol. The molecule has 0 fully saturated rings. The summed E-state index contributed by atoms with van der Waals surface area (Å²) in [5, 5.41) is 1.50. The van der Waals surface area contributed by atoms with Gasteiger partial charge in [0, 0.05) is 9.89 Å². The smallest absolute Gasteiger partial charge is 0.127 e. The minimum absolute atomic E-state index is 0.0668. The third kappa shape index (κ3) is 4.46. The molecule has 0 aliphatic heterocycles. The van der Waals surface area contributed by atoms with Gasteiger partial charge in [0.15, 0.2) is 0 Å². The molecule has 1 rings (SSSR count). The van der Waals surface area contributed by atoms with Crippen LogP contribution in [0.1, 0.15) is 45.7 Å². The number of benzene rings is 1. The molecule has 118 valence electrons. The third-order valence-corrected chi connectivity index (χ3v) is 5.70. The van der Waals surface area contributed by atoms with Crippen molar-refractivity contribution in [3.8, 4) is 5.75 Å². The molecule has 1 aromatic rings. The van der Waals surface area contributed by atoms with Crippen molar-refractivity contribution in [1.29, 1.82) is 0 Å². The summed E-state index contributed by atoms with van der Waals surface area (Å²) in [6.07, 6.45) is 1.82. The van der Waals surface area contributed by atoms with Crippen LogP contribution in [0.15, 0.2) is 24.8 Å². The maximum atomic E-state index is 6.14. The zero-order valence-corrected chi connectivity index (χ0v) is 17.3. The van der Waals surface area contributed by atoms with Gasteiger partial charge in [0.1, 0.15) is 12.4 Å². The Labute approximate surface area is 140 Å². The van der Waals surface area contributed by atoms with E-state index in [1.54, 1.807) is 0 Å². The molecule has 1 nitrogen and oxygen atoms in total. The normalized spacial score (nSPS) is 12.6. The number of hydrogen-bond donors (Lipinski definition) is 0. The van der Waals surface area contributed by atoms with Crippen molar-refractivity contribution in [2.24, 2.45) is 0 Å². The SMILES string of the molecule is C=CCOc1c(C(C)(C)Br)ccc([SiH](C)C)c1C(C)(C)C. The molecule has 0 aromatic heterocycles. The molecule has 0 radical (unpaired) electrons. The van der Waals surface area contributed by atoms with Gasteiger partial charge in [-0.1, -0.05) is 79.8 Å². The average molecular weight is 369 g/mol. The van der Waals surface area contributed by atoms with Gasteiger partial charge in [-0.2, -0.15) is 0 Å². The van der Waals surface area contributed by atoms with Crippen molar-refractivity contribution in [2.45, 2.75) is 57.5 Å². The van der Waals surface area contributed by atoms with Gasteiger partial charge in [-0.15, -0.1) is 0 Å². The molecular formula is C18H29BrOSi. The van der Waals surface area contributed by atoms with E-state index in [1.165, 1.54) is 16.3 Å². The number of alkyl halides is 1. The first-order valence-electron chi connectivity index (χ1n) is 7.60. The second kappa shape index (κ2) is 6.70. The Bertz CT molecular complexity index is 507. The van der Waals surface area contributed by atoms with Crippen molar-refractivity contribution in [3.63, 3.8) is 0 Å². The predicted octanol–water partition coefficient (Wildman–Crippen LogP) is 4.87. The lowest BCUT2D eigenvalue weighted by Crippen LogP contribution is -2.34. The van der Waals surface area contributed by atoms with Crippen LogP contribution in [0.5, 0.6) is 5.75 Å². The summed E-state index contributed by atoms with van der Waals surface area (Å²) in [7, 11) is -0.926. The molecule has 0 unspecified atom stereocenters. The van der Waals surface area contributed by atoms with E-state index in [9.17, 15) is 0 Å². The van der Waals surface area contributed by atoms with E-state index in [0.29, 0.717) is 6.61 Å². The zero-order valence-electron chi connectivity index (χ0n) is 14.5. The number of halogens is 1. The van der Waals surface area contributed by atoms with Crippen LogP contribution in [0.25, 0.3) is 0 Å². The first kappa shape index (κ1) is 18.5. The fourth-order valence-electron chi connectivity index (χ4n) is 2.61. The largest absolute Gasteiger partial charge is 0.489 e. The Morgan fingerprint density at radius 3 is 2.14 bits per heavy atom. The quantitative estimate of drug-likeness (QED) is 0.409. The molecule has 3 heteroatoms. The Kier molecular flexibility index (Phi) is 5.90. The van der Waals surface area contributed by atoms with Crippen molar-refractivity contribution in [3.05, 3.63) is 35.9 Å². The van der Waals surface area contributed by atoms with E-state index in [1.807, 2.05) is 6.08 Å². The van der Waals surface area contributed by atoms with E-state index in [2.05, 4.69) is 82.4 Å². The van der Waals surface area contributed by atoms with Crippen LogP contribution in [-0.2, 0) is 9.74 Å². The van der Waals surface area contributed by atoms with E-state index >= 15 is 0 Å². The van der Waals surface area contributed by atoms with E-state index in [0.717, 1.165) is 5.75 Å². The topological polar surface area (TPSA) is 9.23 Å². The maximum Gasteiger partial charge on any atom is 0.127 e. The summed E-state index contributed by atoms with van der Waals surface area (Å²) in [6, 6.07) is 4.54. The molecule has 0 saturated heterocycles. The highest BCUT2D eigenvalue weighted by atomic mass is 79.9. The zero-order chi connectivity index (χ0) is 16.4. The summed E-state index contributed by atoms with van der Waals surface area (Å²) in [4.78, 5) is 0. The lowest BCUT2D eigenvalue weighted by atomic mass is 9.83. The van der Waals surface area contributed by atoms with Crippen molar-refractivity contribution < 1.29 is 4.74 Å². The third-order valence-electron chi connectivity index (χ3n) is 3.55. The van der Waals surface area contributed by atoms with E-state index in [-0.39, 0.29) is 9.74 Å². The van der Waals surface area contributed by atoms with Crippen LogP contribution >= 0.6 is 15.9 Å². The molecule has 0 bridgehead atoms. The minimum Gasteiger partial charge on any atom is -0.489 e. The monoisotopic (exact) mass is 368 g/mol. The molecule has 0 N–H and O–H groups in total. The second-order valence-electron chi connectivity index (χ2n) is 7.38. The first-order valence-corrected chi connectivity index (χ1v) is 11.3. The Morgan fingerprint density at radius 2 is 1.76 bits per heavy atom. The molecule has 0 atom stereocenters. The van der Waals surface area contributed by atoms with Crippen LogP contribution < -0.4 is 9.92 Å². The molecule has 1 aromatic carbocycles. The molecule has 0 aliphatic rings. The van der Waals surface area contributed by atoms with Crippen molar-refractivity contribution in [1.82, 2.24) is 0 Å². The first-order chi connectivity index (χ1) is 9.50. The van der Waals surface area contributed by atoms with Gasteiger partial charge < -0.3 is 4.74 Å². The van der Waals surface area contributed by atoms with Gasteiger partial charge in [-0.25, -0.2) is 0 Å². The lowest BCUT2D eigenvalue weighted by Gasteiger charge is -2.32. The van der Waals surface area contributed by atoms with Gasteiger partial charge in [-0.3, -0.25) is 0 Å². The van der Waals surface area contributed by atoms with Gasteiger partial charge in [0.25, 0.3) is 0 Å². The number of rotatable bonds is 5. The molecule has 21 heavy (non-hydrogen) atoms. The summed E-state index contributed by atoms with van der Waals surface area (Å²) in [6.45, 7) is 20.2. The summed E-state index contributed by atoms with van der Waals surface area (Å²) in [5.41, 5.74) is 2.65. The van der Waals surface area contributed by atoms with Crippen LogP contribution in [0.3, 0.4) is 0 Å². The highest BCUT2D eigenvalue weighted by Crippen LogP contribution is 2.41. The number of ether oxygens (including phenoxy) is 1. The van der Waals surface area contributed by atoms with Crippen LogP contribution in [0.2, 0.25) is 13.1 Å². The standard InChI is InChI=1S/C18H29BrOSi/c1-9-12-20-16-13(18(5,6)19)10-11-14(21(7)8)15(16)17(2,3)4/h9-11,21H,1,12H2,2-8H3. The van der Waals surface area contributed by atoms with Gasteiger partial charge >= 0.3 is 0 Å². The lowest BCUT2D eigenvalue weighted by molar-refractivity contribution is 0.345. The minimum atomic E-state index is -0.926. The fourth-order valence-corrected chi connectivity index (χ4v) is 4.55. The Morgan fingerprint density at radius 1 is 1.19 bits per heavy atom. The van der Waals surface area contributed by atoms with Crippen molar-refractivity contribution in [2.75, 3.05) is 6.61 Å². The second-order valence-corrected chi connectivity index (χ2v) is 12.3. The molecule has 0 saturated carbocycles. The maximum absolute atomic E-state index is 6.14. The van der Waals surface area contributed by atoms with E-state index < -0.39 is 8.80 Å². The Hall–Kier alpha value is -0.543. The summed E-state index contributed by atoms with van der Waals surface area (Å²) < 4.78 is 6.02.